The molecule has 2 heterocycles. The van der Waals surface area contributed by atoms with Gasteiger partial charge in [-0.2, -0.15) is 0 Å². The Labute approximate surface area is 205 Å². The molecule has 0 radical (unpaired) electrons. The molecule has 0 saturated carbocycles. The first kappa shape index (κ1) is 26.1. The van der Waals surface area contributed by atoms with Crippen LogP contribution in [0.15, 0.2) is 41.0 Å². The summed E-state index contributed by atoms with van der Waals surface area (Å²) in [5.41, 5.74) is 1.35. The van der Waals surface area contributed by atoms with Crippen LogP contribution in [0, 0.1) is 11.8 Å². The number of oxazole rings is 1. The summed E-state index contributed by atoms with van der Waals surface area (Å²) in [6.45, 7) is 4.31. The number of ketones is 2. The van der Waals surface area contributed by atoms with Crippen molar-refractivity contribution in [3.8, 4) is 0 Å². The molecule has 1 aliphatic heterocycles. The summed E-state index contributed by atoms with van der Waals surface area (Å²) < 4.78 is 10.7. The van der Waals surface area contributed by atoms with E-state index in [1.807, 2.05) is 44.2 Å². The summed E-state index contributed by atoms with van der Waals surface area (Å²) >= 11 is 0. The van der Waals surface area contributed by atoms with E-state index in [2.05, 4.69) is 15.6 Å². The average Bonchev–Trinajstić information content (AvgIpc) is 3.28. The Morgan fingerprint density at radius 2 is 1.97 bits per heavy atom. The maximum Gasteiger partial charge on any atom is 0.408 e. The highest BCUT2D eigenvalue weighted by atomic mass is 16.5. The van der Waals surface area contributed by atoms with Crippen LogP contribution in [0.4, 0.5) is 4.79 Å². The smallest absolute Gasteiger partial charge is 0.408 e. The topological polar surface area (TPSA) is 128 Å². The summed E-state index contributed by atoms with van der Waals surface area (Å²) in [4.78, 5) is 55.4. The molecule has 0 spiro atoms. The van der Waals surface area contributed by atoms with Crippen molar-refractivity contribution < 1.29 is 28.3 Å². The lowest BCUT2D eigenvalue weighted by Gasteiger charge is -2.22. The maximum atomic E-state index is 13.2. The van der Waals surface area contributed by atoms with Gasteiger partial charge in [0.1, 0.15) is 12.9 Å². The number of carbonyl (C=O) groups is 4. The van der Waals surface area contributed by atoms with Gasteiger partial charge in [-0.15, -0.1) is 0 Å². The fourth-order valence-electron chi connectivity index (χ4n) is 3.98. The van der Waals surface area contributed by atoms with Crippen LogP contribution in [0.2, 0.25) is 0 Å². The maximum absolute atomic E-state index is 13.2. The first-order chi connectivity index (χ1) is 16.8. The van der Waals surface area contributed by atoms with Gasteiger partial charge in [0.25, 0.3) is 5.91 Å². The Morgan fingerprint density at radius 3 is 2.71 bits per heavy atom. The van der Waals surface area contributed by atoms with Gasteiger partial charge in [-0.3, -0.25) is 14.4 Å². The van der Waals surface area contributed by atoms with Crippen molar-refractivity contribution >= 4 is 23.6 Å². The second-order valence-electron chi connectivity index (χ2n) is 9.27. The molecule has 0 fully saturated rings. The van der Waals surface area contributed by atoms with Gasteiger partial charge in [0, 0.05) is 31.7 Å². The molecule has 2 amide bonds. The highest BCUT2D eigenvalue weighted by molar-refractivity contribution is 6.37. The second kappa shape index (κ2) is 12.8. The molecular formula is C26H33N3O6. The van der Waals surface area contributed by atoms with Crippen LogP contribution in [-0.4, -0.2) is 41.1 Å². The van der Waals surface area contributed by atoms with E-state index in [0.29, 0.717) is 37.4 Å². The molecule has 2 atom stereocenters. The van der Waals surface area contributed by atoms with E-state index in [0.717, 1.165) is 12.0 Å². The molecular weight excluding hydrogens is 450 g/mol. The number of alkyl carbamates (subject to hydrolysis) is 1. The zero-order valence-electron chi connectivity index (χ0n) is 20.2. The van der Waals surface area contributed by atoms with Gasteiger partial charge in [0.05, 0.1) is 11.7 Å². The van der Waals surface area contributed by atoms with E-state index in [1.165, 1.54) is 6.26 Å². The highest BCUT2D eigenvalue weighted by Gasteiger charge is 2.32. The van der Waals surface area contributed by atoms with Gasteiger partial charge in [0.15, 0.2) is 11.7 Å². The standard InChI is InChI=1S/C26H33N3O6/c1-17(2)12-21(29-26(33)35-15-18-8-4-3-5-9-18)22(30)14-19-13-20-16-34-23(28-20)10-6-7-11-27-25(32)24(19)31/h3-5,8-9,16-17,19,21H,6-7,10-15H2,1-2H3,(H,27,32)(H,29,33). The first-order valence-corrected chi connectivity index (χ1v) is 12.1. The van der Waals surface area contributed by atoms with E-state index in [1.54, 1.807) is 0 Å². The van der Waals surface area contributed by atoms with Gasteiger partial charge in [-0.1, -0.05) is 44.2 Å². The third-order valence-corrected chi connectivity index (χ3v) is 5.80. The van der Waals surface area contributed by atoms with Gasteiger partial charge in [-0.05, 0) is 30.7 Å². The third-order valence-electron chi connectivity index (χ3n) is 5.80. The van der Waals surface area contributed by atoms with E-state index in [9.17, 15) is 19.2 Å². The predicted molar refractivity (Wildman–Crippen MR) is 127 cm³/mol. The monoisotopic (exact) mass is 483 g/mol. The molecule has 9 heteroatoms. The predicted octanol–water partition coefficient (Wildman–Crippen LogP) is 3.16. The number of aryl methyl sites for hydroxylation is 1. The van der Waals surface area contributed by atoms with Crippen LogP contribution in [-0.2, 0) is 38.6 Å². The zero-order chi connectivity index (χ0) is 25.2. The van der Waals surface area contributed by atoms with Gasteiger partial charge in [0.2, 0.25) is 5.78 Å². The molecule has 1 aliphatic rings. The minimum Gasteiger partial charge on any atom is -0.449 e. The number of nitrogens with one attached hydrogen (secondary N) is 2. The van der Waals surface area contributed by atoms with E-state index in [-0.39, 0.29) is 31.1 Å². The van der Waals surface area contributed by atoms with Crippen LogP contribution < -0.4 is 10.6 Å². The lowest BCUT2D eigenvalue weighted by molar-refractivity contribution is -0.141. The summed E-state index contributed by atoms with van der Waals surface area (Å²) in [5, 5.41) is 5.29. The zero-order valence-corrected chi connectivity index (χ0v) is 20.2. The number of rotatable bonds is 8. The van der Waals surface area contributed by atoms with Crippen molar-refractivity contribution in [3.05, 3.63) is 53.7 Å². The Morgan fingerprint density at radius 1 is 1.20 bits per heavy atom. The molecule has 35 heavy (non-hydrogen) atoms. The third kappa shape index (κ3) is 8.35. The Balaban J connectivity index is 1.69. The molecule has 2 bridgehead atoms. The van der Waals surface area contributed by atoms with E-state index in [4.69, 9.17) is 9.15 Å². The highest BCUT2D eigenvalue weighted by Crippen LogP contribution is 2.19. The second-order valence-corrected chi connectivity index (χ2v) is 9.27. The summed E-state index contributed by atoms with van der Waals surface area (Å²) in [5.74, 6) is -1.94. The lowest BCUT2D eigenvalue weighted by Crippen LogP contribution is -2.44. The number of Topliss-reactive ketones (excluding diaryl/α,β-unsaturated/α-hetero) is 2. The molecule has 2 aromatic rings. The Bertz CT molecular complexity index is 1020. The number of amides is 2. The number of aromatic nitrogens is 1. The average molecular weight is 484 g/mol. The SMILES string of the molecule is CC(C)CC(NC(=O)OCc1ccccc1)C(=O)CC1Cc2coc(n2)CCCCNC(=O)C1=O. The lowest BCUT2D eigenvalue weighted by atomic mass is 9.88. The van der Waals surface area contributed by atoms with Crippen LogP contribution in [0.5, 0.6) is 0 Å². The fraction of sp³-hybridized carbons (Fsp3) is 0.500. The summed E-state index contributed by atoms with van der Waals surface area (Å²) in [6.07, 6.45) is 3.14. The number of carbonyl (C=O) groups excluding carboxylic acids is 4. The number of nitrogens with zero attached hydrogens (tertiary/aromatic N) is 1. The molecule has 0 saturated heterocycles. The Hall–Kier alpha value is -3.49. The van der Waals surface area contributed by atoms with Gasteiger partial charge in [-0.25, -0.2) is 9.78 Å². The number of benzene rings is 1. The number of hydrogen-bond acceptors (Lipinski definition) is 7. The van der Waals surface area contributed by atoms with Gasteiger partial charge >= 0.3 is 6.09 Å². The molecule has 2 unspecified atom stereocenters. The normalized spacial score (nSPS) is 17.6. The number of fused-ring (bicyclic) bond motifs is 2. The van der Waals surface area contributed by atoms with Crippen molar-refractivity contribution in [3.63, 3.8) is 0 Å². The molecule has 9 nitrogen and oxygen atoms in total. The minimum absolute atomic E-state index is 0.0744. The number of ether oxygens (including phenoxy) is 1. The molecule has 1 aromatic heterocycles. The largest absolute Gasteiger partial charge is 0.449 e. The molecule has 188 valence electrons. The number of hydrogen-bond donors (Lipinski definition) is 2. The quantitative estimate of drug-likeness (QED) is 0.552. The summed E-state index contributed by atoms with van der Waals surface area (Å²) in [7, 11) is 0. The molecule has 2 N–H and O–H groups in total. The van der Waals surface area contributed by atoms with Crippen molar-refractivity contribution in [2.45, 2.75) is 65.0 Å². The van der Waals surface area contributed by atoms with E-state index >= 15 is 0 Å². The van der Waals surface area contributed by atoms with Crippen LogP contribution in [0.3, 0.4) is 0 Å². The molecule has 0 aliphatic carbocycles. The van der Waals surface area contributed by atoms with Crippen LogP contribution >= 0.6 is 0 Å². The Kier molecular flexibility index (Phi) is 9.57. The van der Waals surface area contributed by atoms with E-state index < -0.39 is 29.7 Å². The summed E-state index contributed by atoms with van der Waals surface area (Å²) in [6, 6.07) is 8.37. The van der Waals surface area contributed by atoms with Crippen molar-refractivity contribution in [2.24, 2.45) is 11.8 Å². The fourth-order valence-corrected chi connectivity index (χ4v) is 3.98. The van der Waals surface area contributed by atoms with Gasteiger partial charge < -0.3 is 19.8 Å². The minimum atomic E-state index is -0.906. The first-order valence-electron chi connectivity index (χ1n) is 12.1. The van der Waals surface area contributed by atoms with Crippen LogP contribution in [0.1, 0.15) is 56.7 Å². The van der Waals surface area contributed by atoms with Crippen molar-refractivity contribution in [2.75, 3.05) is 6.54 Å². The van der Waals surface area contributed by atoms with Crippen molar-refractivity contribution in [1.82, 2.24) is 15.6 Å². The van der Waals surface area contributed by atoms with Crippen molar-refractivity contribution in [1.29, 1.82) is 0 Å². The molecule has 3 rings (SSSR count). The van der Waals surface area contributed by atoms with Crippen LogP contribution in [0.25, 0.3) is 0 Å². The molecule has 1 aromatic carbocycles.